The normalized spacial score (nSPS) is 24.0. The third-order valence-corrected chi connectivity index (χ3v) is 4.74. The molecular weight excluding hydrogens is 246 g/mol. The SMILES string of the molecule is CN(C)c1ccc2c(c1)CNC[C@@H]2N1CCCCCC1. The molecule has 0 unspecified atom stereocenters. The number of benzene rings is 1. The Morgan fingerprint density at radius 3 is 2.55 bits per heavy atom. The van der Waals surface area contributed by atoms with Crippen LogP contribution in [0.25, 0.3) is 0 Å². The van der Waals surface area contributed by atoms with Crippen LogP contribution in [0.5, 0.6) is 0 Å². The molecule has 0 spiro atoms. The number of fused-ring (bicyclic) bond motifs is 1. The third kappa shape index (κ3) is 2.84. The van der Waals surface area contributed by atoms with E-state index in [0.29, 0.717) is 6.04 Å². The maximum atomic E-state index is 3.61. The van der Waals surface area contributed by atoms with Crippen molar-refractivity contribution in [3.05, 3.63) is 29.3 Å². The highest BCUT2D eigenvalue weighted by molar-refractivity contribution is 5.51. The number of likely N-dealkylation sites (tertiary alicyclic amines) is 1. The highest BCUT2D eigenvalue weighted by Crippen LogP contribution is 2.31. The summed E-state index contributed by atoms with van der Waals surface area (Å²) >= 11 is 0. The van der Waals surface area contributed by atoms with Crippen LogP contribution >= 0.6 is 0 Å². The highest BCUT2D eigenvalue weighted by atomic mass is 15.2. The van der Waals surface area contributed by atoms with Crippen LogP contribution in [-0.4, -0.2) is 38.6 Å². The quantitative estimate of drug-likeness (QED) is 0.894. The Morgan fingerprint density at radius 1 is 1.10 bits per heavy atom. The van der Waals surface area contributed by atoms with Gasteiger partial charge in [-0.1, -0.05) is 18.9 Å². The van der Waals surface area contributed by atoms with Gasteiger partial charge >= 0.3 is 0 Å². The van der Waals surface area contributed by atoms with Crippen molar-refractivity contribution < 1.29 is 0 Å². The number of anilines is 1. The fourth-order valence-corrected chi connectivity index (χ4v) is 3.53. The summed E-state index contributed by atoms with van der Waals surface area (Å²) in [6, 6.07) is 7.57. The first kappa shape index (κ1) is 13.9. The van der Waals surface area contributed by atoms with Gasteiger partial charge in [-0.05, 0) is 49.2 Å². The molecule has 1 fully saturated rings. The molecule has 0 aromatic heterocycles. The molecule has 3 nitrogen and oxygen atoms in total. The third-order valence-electron chi connectivity index (χ3n) is 4.74. The maximum absolute atomic E-state index is 3.61. The van der Waals surface area contributed by atoms with Gasteiger partial charge in [0.25, 0.3) is 0 Å². The zero-order valence-corrected chi connectivity index (χ0v) is 12.9. The molecule has 20 heavy (non-hydrogen) atoms. The lowest BCUT2D eigenvalue weighted by atomic mass is 9.94. The van der Waals surface area contributed by atoms with E-state index in [0.717, 1.165) is 13.1 Å². The molecule has 0 bridgehead atoms. The fourth-order valence-electron chi connectivity index (χ4n) is 3.53. The molecule has 110 valence electrons. The predicted octanol–water partition coefficient (Wildman–Crippen LogP) is 2.77. The summed E-state index contributed by atoms with van der Waals surface area (Å²) in [5.41, 5.74) is 4.34. The predicted molar refractivity (Wildman–Crippen MR) is 85.3 cm³/mol. The Labute approximate surface area is 123 Å². The standard InChI is InChI=1S/C17H27N3/c1-19(2)15-7-8-16-14(11-15)12-18-13-17(16)20-9-5-3-4-6-10-20/h7-8,11,17-18H,3-6,9-10,12-13H2,1-2H3/t17-/m0/s1. The Bertz CT molecular complexity index is 448. The number of hydrogen-bond acceptors (Lipinski definition) is 3. The Morgan fingerprint density at radius 2 is 1.85 bits per heavy atom. The summed E-state index contributed by atoms with van der Waals surface area (Å²) in [5, 5.41) is 3.61. The zero-order valence-electron chi connectivity index (χ0n) is 12.9. The van der Waals surface area contributed by atoms with Gasteiger partial charge in [0, 0.05) is 38.9 Å². The van der Waals surface area contributed by atoms with E-state index < -0.39 is 0 Å². The van der Waals surface area contributed by atoms with Gasteiger partial charge in [-0.25, -0.2) is 0 Å². The molecule has 1 N–H and O–H groups in total. The molecule has 2 aliphatic heterocycles. The van der Waals surface area contributed by atoms with Gasteiger partial charge in [-0.15, -0.1) is 0 Å². The van der Waals surface area contributed by atoms with E-state index in [1.807, 2.05) is 0 Å². The van der Waals surface area contributed by atoms with Crippen molar-refractivity contribution in [3.63, 3.8) is 0 Å². The number of nitrogens with one attached hydrogen (secondary N) is 1. The molecule has 1 saturated heterocycles. The van der Waals surface area contributed by atoms with E-state index in [9.17, 15) is 0 Å². The molecule has 3 rings (SSSR count). The summed E-state index contributed by atoms with van der Waals surface area (Å²) < 4.78 is 0. The summed E-state index contributed by atoms with van der Waals surface area (Å²) in [5.74, 6) is 0. The lowest BCUT2D eigenvalue weighted by Gasteiger charge is -2.36. The van der Waals surface area contributed by atoms with E-state index in [-0.39, 0.29) is 0 Å². The zero-order chi connectivity index (χ0) is 13.9. The van der Waals surface area contributed by atoms with Crippen molar-refractivity contribution in [1.29, 1.82) is 0 Å². The smallest absolute Gasteiger partial charge is 0.0476 e. The van der Waals surface area contributed by atoms with Gasteiger partial charge in [0.05, 0.1) is 0 Å². The fraction of sp³-hybridized carbons (Fsp3) is 0.647. The number of hydrogen-bond donors (Lipinski definition) is 1. The minimum absolute atomic E-state index is 0.577. The molecule has 0 radical (unpaired) electrons. The van der Waals surface area contributed by atoms with E-state index in [1.54, 1.807) is 5.56 Å². The van der Waals surface area contributed by atoms with Gasteiger partial charge in [0.15, 0.2) is 0 Å². The van der Waals surface area contributed by atoms with Crippen LogP contribution in [0.15, 0.2) is 18.2 Å². The van der Waals surface area contributed by atoms with Crippen LogP contribution in [0.4, 0.5) is 5.69 Å². The topological polar surface area (TPSA) is 18.5 Å². The van der Waals surface area contributed by atoms with Crippen molar-refractivity contribution in [1.82, 2.24) is 10.2 Å². The molecule has 1 aromatic rings. The minimum Gasteiger partial charge on any atom is -0.378 e. The Balaban J connectivity index is 1.85. The van der Waals surface area contributed by atoms with Crippen LogP contribution in [0.2, 0.25) is 0 Å². The molecular formula is C17H27N3. The molecule has 2 heterocycles. The Hall–Kier alpha value is -1.06. The van der Waals surface area contributed by atoms with Crippen molar-refractivity contribution in [3.8, 4) is 0 Å². The Kier molecular flexibility index (Phi) is 4.27. The second-order valence-electron chi connectivity index (χ2n) is 6.37. The van der Waals surface area contributed by atoms with Crippen LogP contribution in [0.1, 0.15) is 42.9 Å². The second-order valence-corrected chi connectivity index (χ2v) is 6.37. The van der Waals surface area contributed by atoms with Crippen molar-refractivity contribution in [2.75, 3.05) is 38.6 Å². The van der Waals surface area contributed by atoms with Crippen LogP contribution in [0.3, 0.4) is 0 Å². The minimum atomic E-state index is 0.577. The number of nitrogens with zero attached hydrogens (tertiary/aromatic N) is 2. The first-order valence-corrected chi connectivity index (χ1v) is 8.00. The van der Waals surface area contributed by atoms with Crippen LogP contribution in [-0.2, 0) is 6.54 Å². The summed E-state index contributed by atoms with van der Waals surface area (Å²) in [7, 11) is 4.23. The monoisotopic (exact) mass is 273 g/mol. The van der Waals surface area contributed by atoms with Gasteiger partial charge in [-0.3, -0.25) is 4.90 Å². The summed E-state index contributed by atoms with van der Waals surface area (Å²) in [4.78, 5) is 4.89. The molecule has 2 aliphatic rings. The molecule has 1 atom stereocenters. The molecule has 0 saturated carbocycles. The van der Waals surface area contributed by atoms with Gasteiger partial charge in [0.1, 0.15) is 0 Å². The lowest BCUT2D eigenvalue weighted by Crippen LogP contribution is -2.40. The van der Waals surface area contributed by atoms with Crippen molar-refractivity contribution in [2.45, 2.75) is 38.3 Å². The number of rotatable bonds is 2. The van der Waals surface area contributed by atoms with Gasteiger partial charge in [-0.2, -0.15) is 0 Å². The van der Waals surface area contributed by atoms with Crippen LogP contribution < -0.4 is 10.2 Å². The summed E-state index contributed by atoms with van der Waals surface area (Å²) in [6.45, 7) is 4.65. The average Bonchev–Trinajstić information content (AvgIpc) is 2.75. The van der Waals surface area contributed by atoms with Gasteiger partial charge < -0.3 is 10.2 Å². The van der Waals surface area contributed by atoms with E-state index in [2.05, 4.69) is 47.4 Å². The van der Waals surface area contributed by atoms with Crippen LogP contribution in [0, 0.1) is 0 Å². The maximum Gasteiger partial charge on any atom is 0.0476 e. The molecule has 0 aliphatic carbocycles. The largest absolute Gasteiger partial charge is 0.378 e. The average molecular weight is 273 g/mol. The molecule has 0 amide bonds. The summed E-state index contributed by atoms with van der Waals surface area (Å²) in [6.07, 6.45) is 5.54. The second kappa shape index (κ2) is 6.15. The lowest BCUT2D eigenvalue weighted by molar-refractivity contribution is 0.192. The molecule has 1 aromatic carbocycles. The highest BCUT2D eigenvalue weighted by Gasteiger charge is 2.26. The van der Waals surface area contributed by atoms with Gasteiger partial charge in [0.2, 0.25) is 0 Å². The first-order chi connectivity index (χ1) is 9.75. The van der Waals surface area contributed by atoms with E-state index >= 15 is 0 Å². The first-order valence-electron chi connectivity index (χ1n) is 8.00. The van der Waals surface area contributed by atoms with E-state index in [1.165, 1.54) is 50.0 Å². The van der Waals surface area contributed by atoms with Crippen molar-refractivity contribution >= 4 is 5.69 Å². The van der Waals surface area contributed by atoms with Crippen molar-refractivity contribution in [2.24, 2.45) is 0 Å². The molecule has 3 heteroatoms. The van der Waals surface area contributed by atoms with E-state index in [4.69, 9.17) is 0 Å².